The van der Waals surface area contributed by atoms with Crippen LogP contribution in [0.3, 0.4) is 0 Å². The van der Waals surface area contributed by atoms with Crippen LogP contribution in [0.25, 0.3) is 21.3 Å². The maximum atomic E-state index is 13.9. The number of aliphatic hydroxyl groups is 1. The van der Waals surface area contributed by atoms with Gasteiger partial charge in [-0.15, -0.1) is 34.7 Å². The van der Waals surface area contributed by atoms with E-state index in [2.05, 4.69) is 60.7 Å². The summed E-state index contributed by atoms with van der Waals surface area (Å²) < 4.78 is 14.5. The van der Waals surface area contributed by atoms with Crippen LogP contribution in [-0.4, -0.2) is 16.6 Å². The van der Waals surface area contributed by atoms with Crippen molar-refractivity contribution in [3.63, 3.8) is 0 Å². The van der Waals surface area contributed by atoms with E-state index in [9.17, 15) is 9.50 Å². The molecule has 2 heterocycles. The quantitative estimate of drug-likeness (QED) is 0.160. The molecule has 0 bridgehead atoms. The lowest BCUT2D eigenvalue weighted by molar-refractivity contribution is 0.182. The minimum atomic E-state index is -0.862. The number of aliphatic hydroxyl groups excluding tert-OH is 1. The van der Waals surface area contributed by atoms with Crippen LogP contribution in [0, 0.1) is 17.0 Å². The summed E-state index contributed by atoms with van der Waals surface area (Å²) in [4.78, 5) is 4.51. The van der Waals surface area contributed by atoms with E-state index in [1.165, 1.54) is 26.3 Å². The molecule has 0 aliphatic heterocycles. The molecule has 0 saturated heterocycles. The molecule has 3 nitrogen and oxygen atoms in total. The van der Waals surface area contributed by atoms with Gasteiger partial charge in [0.15, 0.2) is 0 Å². The molecule has 2 aromatic heterocycles. The van der Waals surface area contributed by atoms with Crippen molar-refractivity contribution in [2.75, 3.05) is 6.54 Å². The Morgan fingerprint density at radius 3 is 2.85 bits per heavy atom. The minimum Gasteiger partial charge on any atom is -0.385 e. The normalized spacial score (nSPS) is 11.3. The van der Waals surface area contributed by atoms with Gasteiger partial charge in [0.1, 0.15) is 11.9 Å². The highest BCUT2D eigenvalue weighted by Crippen LogP contribution is 2.35. The number of aromatic nitrogens is 1. The minimum absolute atomic E-state index is 0.0728. The summed E-state index contributed by atoms with van der Waals surface area (Å²) in [7, 11) is 1.38. The Bertz CT molecular complexity index is 955. The number of halogens is 2. The Balaban J connectivity index is 0.00000117. The first kappa shape index (κ1) is 21.8. The monoisotopic (exact) mass is 536 g/mol. The summed E-state index contributed by atoms with van der Waals surface area (Å²) in [6.07, 6.45) is -0.862. The summed E-state index contributed by atoms with van der Waals surface area (Å²) in [5.41, 5.74) is 8.24. The highest BCUT2D eigenvalue weighted by atomic mass is 127. The number of benzene rings is 1. The first-order chi connectivity index (χ1) is 12.6. The molecule has 1 unspecified atom stereocenters. The maximum Gasteiger partial charge on any atom is 0.141 e. The summed E-state index contributed by atoms with van der Waals surface area (Å²) in [5, 5.41) is 15.7. The van der Waals surface area contributed by atoms with Gasteiger partial charge in [-0.3, -0.25) is 0 Å². The SMILES string of the molecule is NCC(O)c1cc(C#CSI)cc(-c2csc3c(F)cccc23)n1.SS. The van der Waals surface area contributed by atoms with Gasteiger partial charge in [-0.1, -0.05) is 18.1 Å². The number of thiophene rings is 1. The summed E-state index contributed by atoms with van der Waals surface area (Å²) >= 11 is 9.88. The van der Waals surface area contributed by atoms with Gasteiger partial charge in [0, 0.05) is 49.6 Å². The molecule has 0 amide bonds. The molecule has 136 valence electrons. The van der Waals surface area contributed by atoms with Gasteiger partial charge in [0.25, 0.3) is 0 Å². The molecule has 0 spiro atoms. The van der Waals surface area contributed by atoms with Gasteiger partial charge in [-0.2, -0.15) is 0 Å². The number of fused-ring (bicyclic) bond motifs is 1. The van der Waals surface area contributed by atoms with Crippen LogP contribution in [0.1, 0.15) is 17.4 Å². The number of nitrogens with zero attached hydrogens (tertiary/aromatic N) is 1. The highest BCUT2D eigenvalue weighted by Gasteiger charge is 2.14. The van der Waals surface area contributed by atoms with Crippen molar-refractivity contribution < 1.29 is 9.50 Å². The van der Waals surface area contributed by atoms with Crippen LogP contribution in [0.15, 0.2) is 35.7 Å². The zero-order chi connectivity index (χ0) is 19.1. The van der Waals surface area contributed by atoms with Crippen molar-refractivity contribution in [1.29, 1.82) is 0 Å². The Morgan fingerprint density at radius 1 is 1.38 bits per heavy atom. The Labute approximate surface area is 181 Å². The Morgan fingerprint density at radius 2 is 2.15 bits per heavy atom. The molecule has 0 aliphatic rings. The molecule has 1 atom stereocenters. The Hall–Kier alpha value is -0.480. The van der Waals surface area contributed by atoms with Crippen LogP contribution in [-0.2, 0) is 0 Å². The molecule has 9 heteroatoms. The third kappa shape index (κ3) is 5.07. The lowest BCUT2D eigenvalue weighted by atomic mass is 10.1. The van der Waals surface area contributed by atoms with Crippen molar-refractivity contribution in [1.82, 2.24) is 4.98 Å². The molecule has 3 N–H and O–H groups in total. The van der Waals surface area contributed by atoms with Gasteiger partial charge in [-0.05, 0) is 32.4 Å². The van der Waals surface area contributed by atoms with E-state index in [0.717, 1.165) is 16.5 Å². The van der Waals surface area contributed by atoms with Crippen molar-refractivity contribution in [3.8, 4) is 22.4 Å². The summed E-state index contributed by atoms with van der Waals surface area (Å²) in [6.45, 7) is 0.0728. The average Bonchev–Trinajstić information content (AvgIpc) is 3.12. The fourth-order valence-corrected chi connectivity index (χ4v) is 3.81. The van der Waals surface area contributed by atoms with Crippen LogP contribution < -0.4 is 5.73 Å². The molecule has 1 aromatic carbocycles. The third-order valence-corrected chi connectivity index (χ3v) is 5.32. The van der Waals surface area contributed by atoms with E-state index in [-0.39, 0.29) is 12.4 Å². The van der Waals surface area contributed by atoms with E-state index >= 15 is 0 Å². The molecule has 0 aliphatic carbocycles. The van der Waals surface area contributed by atoms with Crippen molar-refractivity contribution in [2.24, 2.45) is 5.73 Å². The standard InChI is InChI=1S/C17H12FIN2OS2.H2S2/c18-13-3-1-2-11-12(9-23-17(11)13)14-6-10(4-5-24-19)7-15(21-14)16(22)8-20;1-2/h1-3,6-7,9,16,22H,8,20H2;1-2H. The molecule has 3 rings (SSSR count). The lowest BCUT2D eigenvalue weighted by Gasteiger charge is -2.10. The van der Waals surface area contributed by atoms with E-state index in [0.29, 0.717) is 16.1 Å². The summed E-state index contributed by atoms with van der Waals surface area (Å²) in [5.74, 6) is 2.77. The molecule has 26 heavy (non-hydrogen) atoms. The molecular weight excluding hydrogens is 522 g/mol. The predicted octanol–water partition coefficient (Wildman–Crippen LogP) is 5.25. The second kappa shape index (κ2) is 10.8. The lowest BCUT2D eigenvalue weighted by Crippen LogP contribution is -2.13. The van der Waals surface area contributed by atoms with E-state index in [1.54, 1.807) is 12.1 Å². The van der Waals surface area contributed by atoms with Gasteiger partial charge in [-0.25, -0.2) is 9.37 Å². The molecule has 0 radical (unpaired) electrons. The first-order valence-electron chi connectivity index (χ1n) is 7.19. The number of hydrogen-bond donors (Lipinski definition) is 4. The maximum absolute atomic E-state index is 13.9. The van der Waals surface area contributed by atoms with Gasteiger partial charge < -0.3 is 10.8 Å². The van der Waals surface area contributed by atoms with Crippen LogP contribution in [0.4, 0.5) is 4.39 Å². The molecular formula is C17H14FIN2OS4. The zero-order valence-electron chi connectivity index (χ0n) is 13.2. The topological polar surface area (TPSA) is 59.1 Å². The van der Waals surface area contributed by atoms with E-state index in [4.69, 9.17) is 5.73 Å². The van der Waals surface area contributed by atoms with Gasteiger partial charge in [0.2, 0.25) is 0 Å². The number of hydrogen-bond acceptors (Lipinski definition) is 7. The molecule has 0 fully saturated rings. The predicted molar refractivity (Wildman–Crippen MR) is 125 cm³/mol. The number of thiol groups is 2. The molecule has 3 aromatic rings. The second-order valence-electron chi connectivity index (χ2n) is 4.99. The Kier molecular flexibility index (Phi) is 9.02. The van der Waals surface area contributed by atoms with Crippen LogP contribution in [0.2, 0.25) is 0 Å². The smallest absolute Gasteiger partial charge is 0.141 e. The molecule has 0 saturated carbocycles. The highest BCUT2D eigenvalue weighted by molar-refractivity contribution is 14.2. The van der Waals surface area contributed by atoms with Crippen LogP contribution >= 0.6 is 64.8 Å². The van der Waals surface area contributed by atoms with Gasteiger partial charge >= 0.3 is 0 Å². The second-order valence-corrected chi connectivity index (χ2v) is 7.55. The number of rotatable bonds is 3. The van der Waals surface area contributed by atoms with E-state index in [1.807, 2.05) is 17.5 Å². The van der Waals surface area contributed by atoms with E-state index < -0.39 is 6.10 Å². The van der Waals surface area contributed by atoms with Gasteiger partial charge in [0.05, 0.1) is 16.1 Å². The first-order valence-corrected chi connectivity index (χ1v) is 13.0. The van der Waals surface area contributed by atoms with Crippen molar-refractivity contribution >= 4 is 74.9 Å². The average molecular weight is 536 g/mol. The number of nitrogens with two attached hydrogens (primary N) is 1. The fraction of sp³-hybridized carbons (Fsp3) is 0.118. The zero-order valence-corrected chi connectivity index (χ0v) is 18.8. The summed E-state index contributed by atoms with van der Waals surface area (Å²) in [6, 6.07) is 8.57. The van der Waals surface area contributed by atoms with Crippen molar-refractivity contribution in [3.05, 3.63) is 52.8 Å². The third-order valence-electron chi connectivity index (χ3n) is 3.47. The van der Waals surface area contributed by atoms with Crippen LogP contribution in [0.5, 0.6) is 0 Å². The fourth-order valence-electron chi connectivity index (χ4n) is 2.35. The largest absolute Gasteiger partial charge is 0.385 e. The number of pyridine rings is 1. The van der Waals surface area contributed by atoms with Crippen molar-refractivity contribution in [2.45, 2.75) is 6.10 Å².